The highest BCUT2D eigenvalue weighted by Crippen LogP contribution is 2.21. The molecule has 0 aliphatic rings. The number of nitrogens with two attached hydrogens (primary N) is 1. The maximum Gasteiger partial charge on any atom is 0.238 e. The van der Waals surface area contributed by atoms with Crippen molar-refractivity contribution in [1.82, 2.24) is 0 Å². The molecule has 6 nitrogen and oxygen atoms in total. The monoisotopic (exact) mass is 352 g/mol. The van der Waals surface area contributed by atoms with Crippen molar-refractivity contribution in [2.45, 2.75) is 9.79 Å². The van der Waals surface area contributed by atoms with Gasteiger partial charge in [0, 0.05) is 10.6 Å². The molecular formula is C15H16N2O4S2. The topological polar surface area (TPSA) is 98.5 Å². The molecule has 0 atom stereocenters. The molecule has 0 saturated carbocycles. The molecule has 1 amide bonds. The van der Waals surface area contributed by atoms with Crippen LogP contribution in [0.4, 0.5) is 5.69 Å². The minimum atomic E-state index is -3.73. The summed E-state index contributed by atoms with van der Waals surface area (Å²) in [4.78, 5) is 12.8. The smallest absolute Gasteiger partial charge is 0.238 e. The lowest BCUT2D eigenvalue weighted by atomic mass is 10.3. The minimum Gasteiger partial charge on any atom is -0.497 e. The van der Waals surface area contributed by atoms with Crippen molar-refractivity contribution in [3.05, 3.63) is 48.5 Å². The fourth-order valence-corrected chi connectivity index (χ4v) is 2.96. The molecule has 23 heavy (non-hydrogen) atoms. The van der Waals surface area contributed by atoms with Gasteiger partial charge in [-0.05, 0) is 48.5 Å². The summed E-state index contributed by atoms with van der Waals surface area (Å²) in [6, 6.07) is 13.1. The first-order valence-electron chi connectivity index (χ1n) is 6.58. The van der Waals surface area contributed by atoms with Crippen molar-refractivity contribution < 1.29 is 17.9 Å². The predicted molar refractivity (Wildman–Crippen MR) is 90.2 cm³/mol. The number of nitrogens with one attached hydrogen (secondary N) is 1. The van der Waals surface area contributed by atoms with Crippen LogP contribution < -0.4 is 15.2 Å². The third kappa shape index (κ3) is 5.27. The van der Waals surface area contributed by atoms with Crippen molar-refractivity contribution in [3.63, 3.8) is 0 Å². The Balaban J connectivity index is 1.89. The van der Waals surface area contributed by atoms with E-state index in [1.54, 1.807) is 7.11 Å². The fraction of sp³-hybridized carbons (Fsp3) is 0.133. The molecule has 0 saturated heterocycles. The number of amides is 1. The summed E-state index contributed by atoms with van der Waals surface area (Å²) in [7, 11) is -2.13. The molecule has 2 aromatic carbocycles. The Bertz CT molecular complexity index is 772. The highest BCUT2D eigenvalue weighted by atomic mass is 32.2. The van der Waals surface area contributed by atoms with Crippen LogP contribution in [-0.4, -0.2) is 27.2 Å². The SMILES string of the molecule is COc1ccc(SCC(=O)Nc2ccc(S(N)(=O)=O)cc2)cc1. The predicted octanol–water partition coefficient (Wildman–Crippen LogP) is 2.07. The van der Waals surface area contributed by atoms with E-state index in [9.17, 15) is 13.2 Å². The van der Waals surface area contributed by atoms with Gasteiger partial charge in [0.25, 0.3) is 0 Å². The van der Waals surface area contributed by atoms with Gasteiger partial charge >= 0.3 is 0 Å². The van der Waals surface area contributed by atoms with E-state index >= 15 is 0 Å². The van der Waals surface area contributed by atoms with Crippen molar-refractivity contribution in [2.75, 3.05) is 18.2 Å². The van der Waals surface area contributed by atoms with Crippen LogP contribution in [0.3, 0.4) is 0 Å². The number of methoxy groups -OCH3 is 1. The van der Waals surface area contributed by atoms with E-state index in [1.807, 2.05) is 24.3 Å². The van der Waals surface area contributed by atoms with Crippen LogP contribution in [0, 0.1) is 0 Å². The summed E-state index contributed by atoms with van der Waals surface area (Å²) in [5.74, 6) is 0.812. The van der Waals surface area contributed by atoms with E-state index in [0.29, 0.717) is 5.69 Å². The second-order valence-electron chi connectivity index (χ2n) is 4.58. The van der Waals surface area contributed by atoms with Gasteiger partial charge in [-0.25, -0.2) is 13.6 Å². The number of anilines is 1. The standard InChI is InChI=1S/C15H16N2O4S2/c1-21-12-4-6-13(7-5-12)22-10-15(18)17-11-2-8-14(9-3-11)23(16,19)20/h2-9H,10H2,1H3,(H,17,18)(H2,16,19,20). The molecule has 122 valence electrons. The Morgan fingerprint density at radius 2 is 1.74 bits per heavy atom. The first-order valence-corrected chi connectivity index (χ1v) is 9.11. The van der Waals surface area contributed by atoms with E-state index in [0.717, 1.165) is 10.6 Å². The molecule has 2 aromatic rings. The lowest BCUT2D eigenvalue weighted by Gasteiger charge is -2.06. The Kier molecular flexibility index (Phi) is 5.64. The van der Waals surface area contributed by atoms with Crippen LogP contribution in [0.15, 0.2) is 58.3 Å². The third-order valence-electron chi connectivity index (χ3n) is 2.90. The molecule has 0 aliphatic heterocycles. The van der Waals surface area contributed by atoms with E-state index in [1.165, 1.54) is 36.0 Å². The number of hydrogen-bond donors (Lipinski definition) is 2. The molecule has 8 heteroatoms. The van der Waals surface area contributed by atoms with Crippen molar-refractivity contribution in [1.29, 1.82) is 0 Å². The van der Waals surface area contributed by atoms with Crippen molar-refractivity contribution in [2.24, 2.45) is 5.14 Å². The molecule has 0 fully saturated rings. The van der Waals surface area contributed by atoms with E-state index in [4.69, 9.17) is 9.88 Å². The quantitative estimate of drug-likeness (QED) is 0.776. The summed E-state index contributed by atoms with van der Waals surface area (Å²) >= 11 is 1.39. The number of primary sulfonamides is 1. The maximum absolute atomic E-state index is 11.9. The molecule has 0 aromatic heterocycles. The first kappa shape index (κ1) is 17.3. The van der Waals surface area contributed by atoms with Gasteiger partial charge in [-0.1, -0.05) is 0 Å². The first-order chi connectivity index (χ1) is 10.9. The average Bonchev–Trinajstić information content (AvgIpc) is 2.53. The molecule has 0 aliphatic carbocycles. The zero-order valence-corrected chi connectivity index (χ0v) is 14.0. The Morgan fingerprint density at radius 3 is 2.26 bits per heavy atom. The van der Waals surface area contributed by atoms with Gasteiger partial charge < -0.3 is 10.1 Å². The van der Waals surface area contributed by atoms with Crippen molar-refractivity contribution in [3.8, 4) is 5.75 Å². The second-order valence-corrected chi connectivity index (χ2v) is 7.19. The maximum atomic E-state index is 11.9. The van der Waals surface area contributed by atoms with Gasteiger partial charge in [0.1, 0.15) is 5.75 Å². The zero-order chi connectivity index (χ0) is 16.9. The van der Waals surface area contributed by atoms with Gasteiger partial charge in [0.2, 0.25) is 15.9 Å². The summed E-state index contributed by atoms with van der Waals surface area (Å²) in [5.41, 5.74) is 0.512. The fourth-order valence-electron chi connectivity index (χ4n) is 1.75. The lowest BCUT2D eigenvalue weighted by Crippen LogP contribution is -2.15. The Hall–Kier alpha value is -2.03. The number of carbonyl (C=O) groups excluding carboxylic acids is 1. The Morgan fingerprint density at radius 1 is 1.13 bits per heavy atom. The number of thioether (sulfide) groups is 1. The van der Waals surface area contributed by atoms with Gasteiger partial charge in [-0.15, -0.1) is 11.8 Å². The number of ether oxygens (including phenoxy) is 1. The number of benzene rings is 2. The third-order valence-corrected chi connectivity index (χ3v) is 4.84. The molecule has 3 N–H and O–H groups in total. The van der Waals surface area contributed by atoms with Crippen LogP contribution in [0.5, 0.6) is 5.75 Å². The minimum absolute atomic E-state index is 0.00288. The molecule has 0 unspecified atom stereocenters. The van der Waals surface area contributed by atoms with E-state index < -0.39 is 10.0 Å². The summed E-state index contributed by atoms with van der Waals surface area (Å²) in [6.45, 7) is 0. The highest BCUT2D eigenvalue weighted by molar-refractivity contribution is 8.00. The van der Waals surface area contributed by atoms with Gasteiger partial charge in [-0.3, -0.25) is 4.79 Å². The van der Waals surface area contributed by atoms with Crippen LogP contribution in [0.25, 0.3) is 0 Å². The molecule has 0 radical (unpaired) electrons. The molecule has 0 spiro atoms. The zero-order valence-electron chi connectivity index (χ0n) is 12.4. The second kappa shape index (κ2) is 7.49. The van der Waals surface area contributed by atoms with Crippen LogP contribution >= 0.6 is 11.8 Å². The lowest BCUT2D eigenvalue weighted by molar-refractivity contribution is -0.113. The number of rotatable bonds is 6. The molecule has 2 rings (SSSR count). The van der Waals surface area contributed by atoms with Crippen LogP contribution in [-0.2, 0) is 14.8 Å². The number of hydrogen-bond acceptors (Lipinski definition) is 5. The van der Waals surface area contributed by atoms with E-state index in [2.05, 4.69) is 5.32 Å². The highest BCUT2D eigenvalue weighted by Gasteiger charge is 2.08. The summed E-state index contributed by atoms with van der Waals surface area (Å²) < 4.78 is 27.4. The van der Waals surface area contributed by atoms with Crippen molar-refractivity contribution >= 4 is 33.4 Å². The van der Waals surface area contributed by atoms with Crippen LogP contribution in [0.1, 0.15) is 0 Å². The molecular weight excluding hydrogens is 336 g/mol. The number of carbonyl (C=O) groups is 1. The average molecular weight is 352 g/mol. The summed E-state index contributed by atoms with van der Waals surface area (Å²) in [5, 5.41) is 7.71. The molecule has 0 bridgehead atoms. The number of sulfonamides is 1. The normalized spacial score (nSPS) is 11.0. The summed E-state index contributed by atoms with van der Waals surface area (Å²) in [6.07, 6.45) is 0. The largest absolute Gasteiger partial charge is 0.497 e. The van der Waals surface area contributed by atoms with Gasteiger partial charge in [-0.2, -0.15) is 0 Å². The van der Waals surface area contributed by atoms with Gasteiger partial charge in [0.05, 0.1) is 17.8 Å². The molecule has 0 heterocycles. The van der Waals surface area contributed by atoms with Crippen LogP contribution in [0.2, 0.25) is 0 Å². The van der Waals surface area contributed by atoms with Gasteiger partial charge in [0.15, 0.2) is 0 Å². The van der Waals surface area contributed by atoms with E-state index in [-0.39, 0.29) is 16.6 Å². The Labute approximate surface area is 139 Å².